The van der Waals surface area contributed by atoms with Crippen molar-refractivity contribution < 1.29 is 9.59 Å². The minimum Gasteiger partial charge on any atom is -0.350 e. The van der Waals surface area contributed by atoms with E-state index in [9.17, 15) is 9.59 Å². The lowest BCUT2D eigenvalue weighted by Gasteiger charge is -2.11. The van der Waals surface area contributed by atoms with Gasteiger partial charge in [-0.25, -0.2) is 5.43 Å². The third kappa shape index (κ3) is 4.66. The number of carbonyl (C=O) groups excluding carboxylic acids is 2. The third-order valence-electron chi connectivity index (χ3n) is 3.14. The number of nitrogens with one attached hydrogen (secondary N) is 2. The summed E-state index contributed by atoms with van der Waals surface area (Å²) in [5.74, 6) is -0.818. The van der Waals surface area contributed by atoms with Crippen molar-refractivity contribution in [2.24, 2.45) is 5.10 Å². The first-order valence-corrected chi connectivity index (χ1v) is 8.62. The second kappa shape index (κ2) is 8.08. The van der Waals surface area contributed by atoms with Crippen molar-refractivity contribution in [3.05, 3.63) is 56.2 Å². The summed E-state index contributed by atoms with van der Waals surface area (Å²) in [6, 6.07) is 6.49. The van der Waals surface area contributed by atoms with Gasteiger partial charge in [0, 0.05) is 15.9 Å². The van der Waals surface area contributed by atoms with E-state index in [2.05, 4.69) is 15.8 Å². The van der Waals surface area contributed by atoms with Crippen molar-refractivity contribution in [2.75, 3.05) is 0 Å². The molecule has 0 unspecified atom stereocenters. The summed E-state index contributed by atoms with van der Waals surface area (Å²) in [7, 11) is 0. The lowest BCUT2D eigenvalue weighted by atomic mass is 10.1. The van der Waals surface area contributed by atoms with E-state index in [0.29, 0.717) is 5.02 Å². The molecule has 0 saturated carbocycles. The second-order valence-corrected chi connectivity index (χ2v) is 6.87. The highest BCUT2D eigenvalue weighted by Gasteiger charge is 2.18. The number of benzene rings is 1. The molecule has 126 valence electrons. The monoisotopic (exact) mass is 363 g/mol. The third-order valence-corrected chi connectivity index (χ3v) is 4.33. The van der Waals surface area contributed by atoms with Gasteiger partial charge in [0.05, 0.1) is 17.3 Å². The number of thiophene rings is 1. The molecule has 2 amide bonds. The molecule has 0 aliphatic carbocycles. The molecular formula is C17H18ClN3O2S. The lowest BCUT2D eigenvalue weighted by Crippen LogP contribution is -2.32. The Balaban J connectivity index is 2.19. The number of aryl methyl sites for hydroxylation is 1. The summed E-state index contributed by atoms with van der Waals surface area (Å²) in [4.78, 5) is 25.5. The lowest BCUT2D eigenvalue weighted by molar-refractivity contribution is 0.0914. The summed E-state index contributed by atoms with van der Waals surface area (Å²) in [6.07, 6.45) is 1.58. The summed E-state index contributed by atoms with van der Waals surface area (Å²) >= 11 is 7.49. The molecule has 7 heteroatoms. The van der Waals surface area contributed by atoms with Crippen LogP contribution >= 0.6 is 22.9 Å². The molecule has 1 aromatic carbocycles. The number of hydrogen-bond acceptors (Lipinski definition) is 4. The molecule has 1 heterocycles. The zero-order valence-electron chi connectivity index (χ0n) is 13.6. The predicted octanol–water partition coefficient (Wildman–Crippen LogP) is 3.61. The fourth-order valence-electron chi connectivity index (χ4n) is 1.97. The summed E-state index contributed by atoms with van der Waals surface area (Å²) in [5, 5.41) is 9.04. The van der Waals surface area contributed by atoms with E-state index in [0.717, 1.165) is 10.4 Å². The smallest absolute Gasteiger partial charge is 0.272 e. The number of hydrazone groups is 1. The van der Waals surface area contributed by atoms with E-state index in [1.807, 2.05) is 32.2 Å². The van der Waals surface area contributed by atoms with Crippen LogP contribution in [0.3, 0.4) is 0 Å². The standard InChI is InChI=1S/C17H18ClN3O2S/c1-10(2)20-16(22)13-5-4-12(18)8-14(13)17(23)21-19-9-15-11(3)6-7-24-15/h4-10H,1-3H3,(H,20,22)(H,21,23). The first kappa shape index (κ1) is 18.2. The molecular weight excluding hydrogens is 346 g/mol. The Labute approximate surface area is 149 Å². The highest BCUT2D eigenvalue weighted by atomic mass is 35.5. The maximum Gasteiger partial charge on any atom is 0.272 e. The molecule has 0 aliphatic rings. The SMILES string of the molecule is Cc1ccsc1C=NNC(=O)c1cc(Cl)ccc1C(=O)NC(C)C. The van der Waals surface area contributed by atoms with Gasteiger partial charge in [-0.15, -0.1) is 11.3 Å². The van der Waals surface area contributed by atoms with Crippen LogP contribution in [0.5, 0.6) is 0 Å². The Morgan fingerprint density at radius 1 is 1.21 bits per heavy atom. The maximum atomic E-state index is 12.4. The van der Waals surface area contributed by atoms with Crippen LogP contribution in [0.25, 0.3) is 0 Å². The van der Waals surface area contributed by atoms with Crippen molar-refractivity contribution in [1.82, 2.24) is 10.7 Å². The molecule has 0 fully saturated rings. The van der Waals surface area contributed by atoms with Gasteiger partial charge in [-0.3, -0.25) is 9.59 Å². The van der Waals surface area contributed by atoms with Gasteiger partial charge in [0.1, 0.15) is 0 Å². The predicted molar refractivity (Wildman–Crippen MR) is 98.2 cm³/mol. The molecule has 0 radical (unpaired) electrons. The van der Waals surface area contributed by atoms with Gasteiger partial charge in [-0.05, 0) is 56.0 Å². The zero-order valence-corrected chi connectivity index (χ0v) is 15.2. The van der Waals surface area contributed by atoms with Crippen molar-refractivity contribution in [1.29, 1.82) is 0 Å². The summed E-state index contributed by atoms with van der Waals surface area (Å²) in [5.41, 5.74) is 3.96. The summed E-state index contributed by atoms with van der Waals surface area (Å²) in [6.45, 7) is 5.66. The van der Waals surface area contributed by atoms with E-state index >= 15 is 0 Å². The molecule has 2 aromatic rings. The van der Waals surface area contributed by atoms with Gasteiger partial charge < -0.3 is 5.32 Å². The Morgan fingerprint density at radius 2 is 1.96 bits per heavy atom. The largest absolute Gasteiger partial charge is 0.350 e. The van der Waals surface area contributed by atoms with Crippen LogP contribution in [-0.4, -0.2) is 24.1 Å². The average molecular weight is 364 g/mol. The minimum absolute atomic E-state index is 0.0380. The first-order valence-electron chi connectivity index (χ1n) is 7.36. The number of carbonyl (C=O) groups is 2. The van der Waals surface area contributed by atoms with Gasteiger partial charge >= 0.3 is 0 Å². The highest BCUT2D eigenvalue weighted by Crippen LogP contribution is 2.17. The van der Waals surface area contributed by atoms with Gasteiger partial charge in [-0.1, -0.05) is 11.6 Å². The van der Waals surface area contributed by atoms with Crippen LogP contribution in [0, 0.1) is 6.92 Å². The molecule has 1 aromatic heterocycles. The fourth-order valence-corrected chi connectivity index (χ4v) is 2.93. The first-order chi connectivity index (χ1) is 11.4. The number of rotatable bonds is 5. The minimum atomic E-state index is -0.489. The molecule has 5 nitrogen and oxygen atoms in total. The van der Waals surface area contributed by atoms with E-state index in [1.54, 1.807) is 12.3 Å². The fraction of sp³-hybridized carbons (Fsp3) is 0.235. The summed E-state index contributed by atoms with van der Waals surface area (Å²) < 4.78 is 0. The molecule has 2 rings (SSSR count). The van der Waals surface area contributed by atoms with Gasteiger partial charge in [0.15, 0.2) is 0 Å². The van der Waals surface area contributed by atoms with E-state index < -0.39 is 5.91 Å². The topological polar surface area (TPSA) is 70.6 Å². The van der Waals surface area contributed by atoms with Crippen molar-refractivity contribution in [2.45, 2.75) is 26.8 Å². The molecule has 0 saturated heterocycles. The number of amides is 2. The maximum absolute atomic E-state index is 12.4. The Morgan fingerprint density at radius 3 is 2.58 bits per heavy atom. The van der Waals surface area contributed by atoms with Crippen molar-refractivity contribution in [3.8, 4) is 0 Å². The van der Waals surface area contributed by atoms with Crippen molar-refractivity contribution in [3.63, 3.8) is 0 Å². The number of halogens is 1. The molecule has 24 heavy (non-hydrogen) atoms. The van der Waals surface area contributed by atoms with Crippen LogP contribution in [0.2, 0.25) is 5.02 Å². The number of nitrogens with zero attached hydrogens (tertiary/aromatic N) is 1. The van der Waals surface area contributed by atoms with Gasteiger partial charge in [0.25, 0.3) is 11.8 Å². The Kier molecular flexibility index (Phi) is 6.11. The van der Waals surface area contributed by atoms with Crippen LogP contribution < -0.4 is 10.7 Å². The van der Waals surface area contributed by atoms with Crippen LogP contribution in [0.15, 0.2) is 34.7 Å². The molecule has 0 atom stereocenters. The van der Waals surface area contributed by atoms with E-state index in [1.165, 1.54) is 23.5 Å². The highest BCUT2D eigenvalue weighted by molar-refractivity contribution is 7.11. The normalized spacial score (nSPS) is 11.0. The zero-order chi connectivity index (χ0) is 17.7. The van der Waals surface area contributed by atoms with Gasteiger partial charge in [-0.2, -0.15) is 5.10 Å². The van der Waals surface area contributed by atoms with E-state index in [-0.39, 0.29) is 23.1 Å². The molecule has 0 spiro atoms. The van der Waals surface area contributed by atoms with E-state index in [4.69, 9.17) is 11.6 Å². The molecule has 2 N–H and O–H groups in total. The quantitative estimate of drug-likeness (QED) is 0.629. The molecule has 0 aliphatic heterocycles. The van der Waals surface area contributed by atoms with Crippen molar-refractivity contribution >= 4 is 41.0 Å². The van der Waals surface area contributed by atoms with Crippen LogP contribution in [0.4, 0.5) is 0 Å². The Bertz CT molecular complexity index is 784. The second-order valence-electron chi connectivity index (χ2n) is 5.49. The molecule has 0 bridgehead atoms. The Hall–Kier alpha value is -2.18. The van der Waals surface area contributed by atoms with Gasteiger partial charge in [0.2, 0.25) is 0 Å². The van der Waals surface area contributed by atoms with Crippen LogP contribution in [-0.2, 0) is 0 Å². The average Bonchev–Trinajstić information content (AvgIpc) is 2.91. The number of hydrogen-bond donors (Lipinski definition) is 2. The van der Waals surface area contributed by atoms with Crippen LogP contribution in [0.1, 0.15) is 45.0 Å².